The summed E-state index contributed by atoms with van der Waals surface area (Å²) in [5.74, 6) is -0.398. The zero-order chi connectivity index (χ0) is 14.9. The summed E-state index contributed by atoms with van der Waals surface area (Å²) in [5, 5.41) is 0.164. The van der Waals surface area contributed by atoms with Gasteiger partial charge >= 0.3 is 0 Å². The van der Waals surface area contributed by atoms with E-state index in [9.17, 15) is 13.2 Å². The lowest BCUT2D eigenvalue weighted by Crippen LogP contribution is -2.31. The molecule has 110 valence electrons. The van der Waals surface area contributed by atoms with E-state index in [0.717, 1.165) is 6.42 Å². The fourth-order valence-electron chi connectivity index (χ4n) is 2.69. The van der Waals surface area contributed by atoms with E-state index in [0.29, 0.717) is 29.8 Å². The van der Waals surface area contributed by atoms with Gasteiger partial charge in [0.05, 0.1) is 15.3 Å². The van der Waals surface area contributed by atoms with Crippen LogP contribution in [0.1, 0.15) is 36.0 Å². The Balaban J connectivity index is 2.23. The predicted molar refractivity (Wildman–Crippen MR) is 81.4 cm³/mol. The molecule has 0 N–H and O–H groups in total. The molecule has 2 unspecified atom stereocenters. The summed E-state index contributed by atoms with van der Waals surface area (Å²) < 4.78 is 23.3. The highest BCUT2D eigenvalue weighted by Gasteiger charge is 2.33. The molecule has 20 heavy (non-hydrogen) atoms. The minimum absolute atomic E-state index is 0.106. The molecule has 0 spiro atoms. The van der Waals surface area contributed by atoms with Crippen LogP contribution in [0.25, 0.3) is 0 Å². The van der Waals surface area contributed by atoms with Crippen LogP contribution in [0.2, 0.25) is 10.0 Å². The van der Waals surface area contributed by atoms with Gasteiger partial charge in [-0.3, -0.25) is 4.79 Å². The molecule has 0 heterocycles. The molecule has 3 nitrogen and oxygen atoms in total. The van der Waals surface area contributed by atoms with Crippen LogP contribution in [0.15, 0.2) is 18.2 Å². The Morgan fingerprint density at radius 1 is 1.25 bits per heavy atom. The predicted octanol–water partition coefficient (Wildman–Crippen LogP) is 3.78. The number of sulfone groups is 1. The number of hydrogen-bond acceptors (Lipinski definition) is 3. The number of ketones is 1. The van der Waals surface area contributed by atoms with Crippen LogP contribution >= 0.6 is 23.2 Å². The van der Waals surface area contributed by atoms with E-state index in [2.05, 4.69) is 0 Å². The molecular weight excluding hydrogens is 319 g/mol. The summed E-state index contributed by atoms with van der Waals surface area (Å²) in [6.45, 7) is 0. The van der Waals surface area contributed by atoms with Gasteiger partial charge in [-0.1, -0.05) is 35.7 Å². The van der Waals surface area contributed by atoms with Gasteiger partial charge in [0.15, 0.2) is 5.78 Å². The maximum Gasteiger partial charge on any atom is 0.167 e. The molecule has 2 rings (SSSR count). The summed E-state index contributed by atoms with van der Waals surface area (Å²) in [6, 6.07) is 4.94. The lowest BCUT2D eigenvalue weighted by molar-refractivity contribution is 0.0891. The van der Waals surface area contributed by atoms with E-state index in [1.165, 1.54) is 6.26 Å². The van der Waals surface area contributed by atoms with Gasteiger partial charge < -0.3 is 0 Å². The average molecular weight is 335 g/mol. The van der Waals surface area contributed by atoms with Crippen LogP contribution in [0.3, 0.4) is 0 Å². The maximum absolute atomic E-state index is 12.5. The van der Waals surface area contributed by atoms with Gasteiger partial charge in [-0.15, -0.1) is 0 Å². The first-order valence-electron chi connectivity index (χ1n) is 6.48. The molecule has 1 aromatic rings. The number of halogens is 2. The SMILES string of the molecule is CS(=O)(=O)C1CCCC(C(=O)c2cccc(Cl)c2Cl)C1. The van der Waals surface area contributed by atoms with Crippen molar-refractivity contribution in [1.29, 1.82) is 0 Å². The minimum atomic E-state index is -3.10. The Morgan fingerprint density at radius 3 is 2.60 bits per heavy atom. The summed E-state index contributed by atoms with van der Waals surface area (Å²) in [4.78, 5) is 12.5. The number of carbonyl (C=O) groups is 1. The third kappa shape index (κ3) is 3.35. The third-order valence-electron chi connectivity index (χ3n) is 3.82. The molecule has 1 aliphatic rings. The van der Waals surface area contributed by atoms with Gasteiger partial charge in [-0.25, -0.2) is 8.42 Å². The molecule has 1 saturated carbocycles. The Morgan fingerprint density at radius 2 is 1.95 bits per heavy atom. The Kier molecular flexibility index (Phi) is 4.77. The van der Waals surface area contributed by atoms with Gasteiger partial charge in [0.25, 0.3) is 0 Å². The molecule has 1 fully saturated rings. The van der Waals surface area contributed by atoms with Gasteiger partial charge in [-0.05, 0) is 31.4 Å². The van der Waals surface area contributed by atoms with E-state index in [-0.39, 0.29) is 16.7 Å². The van der Waals surface area contributed by atoms with Crippen LogP contribution in [0.5, 0.6) is 0 Å². The topological polar surface area (TPSA) is 51.2 Å². The average Bonchev–Trinajstić information content (AvgIpc) is 2.40. The molecule has 1 aromatic carbocycles. The molecule has 0 radical (unpaired) electrons. The van der Waals surface area contributed by atoms with Crippen molar-refractivity contribution in [2.24, 2.45) is 5.92 Å². The molecule has 0 aliphatic heterocycles. The van der Waals surface area contributed by atoms with Gasteiger partial charge in [0.1, 0.15) is 9.84 Å². The third-order valence-corrected chi connectivity index (χ3v) is 6.28. The normalized spacial score (nSPS) is 23.6. The fourth-order valence-corrected chi connectivity index (χ4v) is 4.26. The van der Waals surface area contributed by atoms with E-state index in [1.54, 1.807) is 18.2 Å². The molecule has 0 aromatic heterocycles. The van der Waals surface area contributed by atoms with E-state index in [1.807, 2.05) is 0 Å². The highest BCUT2D eigenvalue weighted by Crippen LogP contribution is 2.34. The van der Waals surface area contributed by atoms with E-state index >= 15 is 0 Å². The smallest absolute Gasteiger partial charge is 0.167 e. The highest BCUT2D eigenvalue weighted by molar-refractivity contribution is 7.91. The molecule has 2 atom stereocenters. The molecule has 6 heteroatoms. The van der Waals surface area contributed by atoms with E-state index < -0.39 is 15.1 Å². The second kappa shape index (κ2) is 6.04. The van der Waals surface area contributed by atoms with Crippen molar-refractivity contribution in [2.45, 2.75) is 30.9 Å². The van der Waals surface area contributed by atoms with Crippen molar-refractivity contribution in [2.75, 3.05) is 6.26 Å². The summed E-state index contributed by atoms with van der Waals surface area (Å²) >= 11 is 12.0. The minimum Gasteiger partial charge on any atom is -0.294 e. The Hall–Kier alpha value is -0.580. The fraction of sp³-hybridized carbons (Fsp3) is 0.500. The standard InChI is InChI=1S/C14H16Cl2O3S/c1-20(18,19)10-5-2-4-9(8-10)14(17)11-6-3-7-12(15)13(11)16/h3,6-7,9-10H,2,4-5,8H2,1H3. The summed E-state index contributed by atoms with van der Waals surface area (Å²) in [7, 11) is -3.10. The maximum atomic E-state index is 12.5. The van der Waals surface area contributed by atoms with Crippen LogP contribution in [0.4, 0.5) is 0 Å². The van der Waals surface area contributed by atoms with Crippen molar-refractivity contribution in [3.05, 3.63) is 33.8 Å². The van der Waals surface area contributed by atoms with Gasteiger partial charge in [0.2, 0.25) is 0 Å². The number of benzene rings is 1. The summed E-state index contributed by atoms with van der Waals surface area (Å²) in [6.07, 6.45) is 3.68. The molecule has 0 bridgehead atoms. The number of rotatable bonds is 3. The van der Waals surface area contributed by atoms with Gasteiger partial charge in [-0.2, -0.15) is 0 Å². The van der Waals surface area contributed by atoms with Crippen molar-refractivity contribution in [1.82, 2.24) is 0 Å². The quantitative estimate of drug-likeness (QED) is 0.790. The van der Waals surface area contributed by atoms with Crippen molar-refractivity contribution in [3.63, 3.8) is 0 Å². The first-order chi connectivity index (χ1) is 9.30. The monoisotopic (exact) mass is 334 g/mol. The Labute approximate surface area is 129 Å². The first-order valence-corrected chi connectivity index (χ1v) is 9.19. The number of hydrogen-bond donors (Lipinski definition) is 0. The largest absolute Gasteiger partial charge is 0.294 e. The lowest BCUT2D eigenvalue weighted by atomic mass is 9.83. The van der Waals surface area contributed by atoms with Crippen molar-refractivity contribution >= 4 is 38.8 Å². The van der Waals surface area contributed by atoms with Crippen molar-refractivity contribution in [3.8, 4) is 0 Å². The molecule has 0 saturated heterocycles. The van der Waals surface area contributed by atoms with Crippen LogP contribution in [0, 0.1) is 5.92 Å². The zero-order valence-corrected chi connectivity index (χ0v) is 13.4. The summed E-state index contributed by atoms with van der Waals surface area (Å²) in [5.41, 5.74) is 0.387. The van der Waals surface area contributed by atoms with Crippen LogP contribution < -0.4 is 0 Å². The first kappa shape index (κ1) is 15.8. The molecule has 1 aliphatic carbocycles. The molecule has 0 amide bonds. The van der Waals surface area contributed by atoms with E-state index in [4.69, 9.17) is 23.2 Å². The molecular formula is C14H16Cl2O3S. The van der Waals surface area contributed by atoms with Gasteiger partial charge in [0, 0.05) is 17.7 Å². The zero-order valence-electron chi connectivity index (χ0n) is 11.1. The second-order valence-corrected chi connectivity index (χ2v) is 8.39. The number of carbonyl (C=O) groups excluding carboxylic acids is 1. The number of Topliss-reactive ketones (excluding diaryl/α,β-unsaturated/α-hetero) is 1. The lowest BCUT2D eigenvalue weighted by Gasteiger charge is -2.27. The van der Waals surface area contributed by atoms with Crippen molar-refractivity contribution < 1.29 is 13.2 Å². The van der Waals surface area contributed by atoms with Crippen LogP contribution in [-0.4, -0.2) is 25.7 Å². The Bertz CT molecular complexity index is 625. The highest BCUT2D eigenvalue weighted by atomic mass is 35.5. The van der Waals surface area contributed by atoms with Crippen LogP contribution in [-0.2, 0) is 9.84 Å². The second-order valence-electron chi connectivity index (χ2n) is 5.28.